The summed E-state index contributed by atoms with van der Waals surface area (Å²) in [4.78, 5) is 34.6. The van der Waals surface area contributed by atoms with Crippen molar-refractivity contribution in [3.8, 4) is 5.75 Å². The summed E-state index contributed by atoms with van der Waals surface area (Å²) in [5.74, 6) is -1.40. The number of Topliss-reactive ketones (excluding diaryl/α,β-unsaturated/α-hetero) is 1. The minimum atomic E-state index is -0.851. The number of hydrogen-bond acceptors (Lipinski definition) is 6. The van der Waals surface area contributed by atoms with Gasteiger partial charge in [0.15, 0.2) is 0 Å². The van der Waals surface area contributed by atoms with Gasteiger partial charge in [-0.3, -0.25) is 19.5 Å². The number of ketones is 1. The molecule has 1 N–H and O–H groups in total. The number of aromatic nitrogens is 1. The molecule has 2 fully saturated rings. The second-order valence-corrected chi connectivity index (χ2v) is 9.27. The maximum Gasteiger partial charge on any atom is 0.300 e. The molecule has 1 atom stereocenters. The number of methoxy groups -OCH3 is 1. The van der Waals surface area contributed by atoms with E-state index in [9.17, 15) is 14.7 Å². The summed E-state index contributed by atoms with van der Waals surface area (Å²) >= 11 is 6.37. The molecule has 0 saturated carbocycles. The number of ether oxygens (including phenoxy) is 1. The zero-order chi connectivity index (χ0) is 25.2. The molecule has 2 aliphatic rings. The Morgan fingerprint density at radius 3 is 2.31 bits per heavy atom. The highest BCUT2D eigenvalue weighted by atomic mass is 35.5. The number of halogens is 1. The fraction of sp³-hybridized carbons (Fsp3) is 0.250. The molecule has 0 radical (unpaired) electrons. The molecule has 36 heavy (non-hydrogen) atoms. The van der Waals surface area contributed by atoms with Crippen LogP contribution in [0.2, 0.25) is 5.02 Å². The van der Waals surface area contributed by atoms with Crippen LogP contribution in [0.4, 0.5) is 11.4 Å². The van der Waals surface area contributed by atoms with Crippen LogP contribution in [0, 0.1) is 0 Å². The monoisotopic (exact) mass is 503 g/mol. The number of benzene rings is 2. The third-order valence-corrected chi connectivity index (χ3v) is 7.07. The molecule has 3 aromatic rings. The molecule has 184 valence electrons. The molecule has 2 aliphatic heterocycles. The number of nitrogens with zero attached hydrogens (tertiary/aromatic N) is 3. The van der Waals surface area contributed by atoms with Crippen LogP contribution in [0.3, 0.4) is 0 Å². The standard InChI is InChI=1S/C28H26ClN3O4/c1-36-21-9-10-23(29)22(17-21)26(33)24-25(18-11-13-30-14-12-18)32(28(35)27(24)34)20-7-5-19(6-8-20)31-15-3-2-4-16-31/h5-14,17,25,33H,2-4,15-16H2,1H3/b26-24+. The van der Waals surface area contributed by atoms with Crippen LogP contribution in [0.1, 0.15) is 36.4 Å². The molecule has 0 spiro atoms. The summed E-state index contributed by atoms with van der Waals surface area (Å²) in [7, 11) is 1.50. The third kappa shape index (κ3) is 4.31. The number of amides is 1. The van der Waals surface area contributed by atoms with Gasteiger partial charge in [0.1, 0.15) is 11.5 Å². The fourth-order valence-corrected chi connectivity index (χ4v) is 5.10. The Hall–Kier alpha value is -3.84. The molecule has 5 rings (SSSR count). The van der Waals surface area contributed by atoms with Crippen molar-refractivity contribution in [1.82, 2.24) is 4.98 Å². The van der Waals surface area contributed by atoms with Crippen molar-refractivity contribution in [2.75, 3.05) is 30.0 Å². The summed E-state index contributed by atoms with van der Waals surface area (Å²) in [5, 5.41) is 11.6. The highest BCUT2D eigenvalue weighted by Gasteiger charge is 2.47. The molecule has 0 bridgehead atoms. The van der Waals surface area contributed by atoms with Gasteiger partial charge in [-0.15, -0.1) is 0 Å². The van der Waals surface area contributed by atoms with E-state index in [0.717, 1.165) is 31.6 Å². The van der Waals surface area contributed by atoms with Gasteiger partial charge in [-0.05, 0) is 79.4 Å². The van der Waals surface area contributed by atoms with E-state index in [-0.39, 0.29) is 21.9 Å². The first-order valence-electron chi connectivity index (χ1n) is 11.9. The zero-order valence-corrected chi connectivity index (χ0v) is 20.6. The van der Waals surface area contributed by atoms with Crippen molar-refractivity contribution in [2.24, 2.45) is 0 Å². The predicted octanol–water partition coefficient (Wildman–Crippen LogP) is 5.36. The number of aliphatic hydroxyl groups is 1. The van der Waals surface area contributed by atoms with Gasteiger partial charge in [0, 0.05) is 42.4 Å². The average molecular weight is 504 g/mol. The molecule has 1 unspecified atom stereocenters. The molecule has 0 aliphatic carbocycles. The largest absolute Gasteiger partial charge is 0.507 e. The molecule has 7 nitrogen and oxygen atoms in total. The van der Waals surface area contributed by atoms with Crippen LogP contribution in [0.25, 0.3) is 5.76 Å². The lowest BCUT2D eigenvalue weighted by atomic mass is 9.95. The van der Waals surface area contributed by atoms with E-state index in [1.165, 1.54) is 18.4 Å². The van der Waals surface area contributed by atoms with Crippen molar-refractivity contribution in [3.05, 3.63) is 88.7 Å². The van der Waals surface area contributed by atoms with Crippen LogP contribution < -0.4 is 14.5 Å². The second-order valence-electron chi connectivity index (χ2n) is 8.86. The molecule has 8 heteroatoms. The topological polar surface area (TPSA) is 83.0 Å². The lowest BCUT2D eigenvalue weighted by Gasteiger charge is -2.30. The molecule has 2 aromatic carbocycles. The molecule has 2 saturated heterocycles. The molecular formula is C28H26ClN3O4. The Bertz CT molecular complexity index is 1320. The Labute approximate surface area is 214 Å². The van der Waals surface area contributed by atoms with Crippen molar-refractivity contribution in [3.63, 3.8) is 0 Å². The smallest absolute Gasteiger partial charge is 0.300 e. The number of pyridine rings is 1. The van der Waals surface area contributed by atoms with E-state index in [1.807, 2.05) is 24.3 Å². The number of carbonyl (C=O) groups is 2. The number of anilines is 2. The molecule has 1 amide bonds. The van der Waals surface area contributed by atoms with Gasteiger partial charge in [0.2, 0.25) is 0 Å². The van der Waals surface area contributed by atoms with Crippen molar-refractivity contribution < 1.29 is 19.4 Å². The predicted molar refractivity (Wildman–Crippen MR) is 140 cm³/mol. The summed E-state index contributed by atoms with van der Waals surface area (Å²) < 4.78 is 5.27. The minimum Gasteiger partial charge on any atom is -0.507 e. The summed E-state index contributed by atoms with van der Waals surface area (Å²) in [6, 6.07) is 15.0. The summed E-state index contributed by atoms with van der Waals surface area (Å²) in [6.07, 6.45) is 6.74. The first-order chi connectivity index (χ1) is 17.5. The maximum absolute atomic E-state index is 13.4. The maximum atomic E-state index is 13.4. The minimum absolute atomic E-state index is 0.0403. The Morgan fingerprint density at radius 2 is 1.64 bits per heavy atom. The van der Waals surface area contributed by atoms with Crippen LogP contribution >= 0.6 is 11.6 Å². The third-order valence-electron chi connectivity index (χ3n) is 6.74. The highest BCUT2D eigenvalue weighted by molar-refractivity contribution is 6.52. The number of piperidine rings is 1. The lowest BCUT2D eigenvalue weighted by Crippen LogP contribution is -2.30. The van der Waals surface area contributed by atoms with Crippen LogP contribution in [-0.4, -0.2) is 42.0 Å². The zero-order valence-electron chi connectivity index (χ0n) is 19.9. The van der Waals surface area contributed by atoms with E-state index in [2.05, 4.69) is 9.88 Å². The fourth-order valence-electron chi connectivity index (χ4n) is 4.89. The SMILES string of the molecule is COc1ccc(Cl)c(/C(O)=C2\C(=O)C(=O)N(c3ccc(N4CCCCC4)cc3)C2c2ccncc2)c1. The van der Waals surface area contributed by atoms with Gasteiger partial charge in [0.05, 0.1) is 23.7 Å². The first kappa shape index (κ1) is 23.9. The number of rotatable bonds is 5. The van der Waals surface area contributed by atoms with Crippen LogP contribution in [0.15, 0.2) is 72.6 Å². The summed E-state index contributed by atoms with van der Waals surface area (Å²) in [5.41, 5.74) is 2.47. The molecule has 1 aromatic heterocycles. The Morgan fingerprint density at radius 1 is 0.972 bits per heavy atom. The van der Waals surface area contributed by atoms with Gasteiger partial charge >= 0.3 is 0 Å². The van der Waals surface area contributed by atoms with E-state index in [1.54, 1.807) is 42.7 Å². The second kappa shape index (κ2) is 10.0. The molecular weight excluding hydrogens is 478 g/mol. The van der Waals surface area contributed by atoms with Crippen LogP contribution in [0.5, 0.6) is 5.75 Å². The van der Waals surface area contributed by atoms with Gasteiger partial charge in [-0.25, -0.2) is 0 Å². The van der Waals surface area contributed by atoms with Gasteiger partial charge < -0.3 is 14.7 Å². The summed E-state index contributed by atoms with van der Waals surface area (Å²) in [6.45, 7) is 2.00. The normalized spacial score (nSPS) is 19.6. The van der Waals surface area contributed by atoms with Gasteiger partial charge in [0.25, 0.3) is 11.7 Å². The highest BCUT2D eigenvalue weighted by Crippen LogP contribution is 2.43. The number of carbonyl (C=O) groups excluding carboxylic acids is 2. The molecule has 3 heterocycles. The Kier molecular flexibility index (Phi) is 6.65. The van der Waals surface area contributed by atoms with Crippen LogP contribution in [-0.2, 0) is 9.59 Å². The van der Waals surface area contributed by atoms with E-state index >= 15 is 0 Å². The quantitative estimate of drug-likeness (QED) is 0.287. The van der Waals surface area contributed by atoms with Crippen molar-refractivity contribution >= 4 is 40.4 Å². The van der Waals surface area contributed by atoms with Crippen molar-refractivity contribution in [1.29, 1.82) is 0 Å². The van der Waals surface area contributed by atoms with E-state index in [4.69, 9.17) is 16.3 Å². The Balaban J connectivity index is 1.62. The number of aliphatic hydroxyl groups excluding tert-OH is 1. The number of hydrogen-bond donors (Lipinski definition) is 1. The van der Waals surface area contributed by atoms with Gasteiger partial charge in [-0.2, -0.15) is 0 Å². The van der Waals surface area contributed by atoms with E-state index < -0.39 is 17.7 Å². The van der Waals surface area contributed by atoms with E-state index in [0.29, 0.717) is 17.0 Å². The average Bonchev–Trinajstić information content (AvgIpc) is 3.19. The van der Waals surface area contributed by atoms with Gasteiger partial charge in [-0.1, -0.05) is 11.6 Å². The lowest BCUT2D eigenvalue weighted by molar-refractivity contribution is -0.132. The van der Waals surface area contributed by atoms with Crippen molar-refractivity contribution in [2.45, 2.75) is 25.3 Å². The first-order valence-corrected chi connectivity index (χ1v) is 12.3.